The second-order valence-corrected chi connectivity index (χ2v) is 2.75. The minimum atomic E-state index is -0.528. The van der Waals surface area contributed by atoms with Gasteiger partial charge in [0.15, 0.2) is 0 Å². The Morgan fingerprint density at radius 3 is 3.08 bits per heavy atom. The van der Waals surface area contributed by atoms with Crippen molar-refractivity contribution >= 4 is 5.91 Å². The van der Waals surface area contributed by atoms with Gasteiger partial charge < -0.3 is 10.4 Å². The van der Waals surface area contributed by atoms with E-state index in [1.807, 2.05) is 0 Å². The van der Waals surface area contributed by atoms with Crippen molar-refractivity contribution in [2.24, 2.45) is 0 Å². The van der Waals surface area contributed by atoms with Crippen molar-refractivity contribution in [2.45, 2.75) is 19.6 Å². The predicted molar refractivity (Wildman–Crippen MR) is 44.7 cm³/mol. The van der Waals surface area contributed by atoms with Crippen LogP contribution in [-0.4, -0.2) is 38.4 Å². The molecule has 1 amide bonds. The molecule has 1 rings (SSSR count). The fourth-order valence-electron chi connectivity index (χ4n) is 0.779. The van der Waals surface area contributed by atoms with Gasteiger partial charge in [-0.3, -0.25) is 4.79 Å². The third-order valence-electron chi connectivity index (χ3n) is 1.37. The van der Waals surface area contributed by atoms with E-state index in [0.717, 1.165) is 0 Å². The Bertz CT molecular complexity index is 257. The van der Waals surface area contributed by atoms with Crippen molar-refractivity contribution in [3.8, 4) is 0 Å². The lowest BCUT2D eigenvalue weighted by Gasteiger charge is -2.06. The molecule has 0 unspecified atom stereocenters. The second-order valence-electron chi connectivity index (χ2n) is 2.75. The van der Waals surface area contributed by atoms with Gasteiger partial charge in [0.25, 0.3) is 0 Å². The van der Waals surface area contributed by atoms with Crippen molar-refractivity contribution in [1.29, 1.82) is 0 Å². The molecule has 0 aliphatic carbocycles. The standard InChI is InChI=1S/C7H12N4O2/c1-6(12)2-9-7(13)3-11-5-8-4-10-11/h4-6,12H,2-3H2,1H3,(H,9,13)/t6-/m1/s1. The number of aliphatic hydroxyl groups excluding tert-OH is 1. The molecule has 0 aliphatic rings. The third kappa shape index (κ3) is 3.66. The molecular weight excluding hydrogens is 172 g/mol. The monoisotopic (exact) mass is 184 g/mol. The van der Waals surface area contributed by atoms with Crippen molar-refractivity contribution in [3.63, 3.8) is 0 Å². The fraction of sp³-hybridized carbons (Fsp3) is 0.571. The van der Waals surface area contributed by atoms with Gasteiger partial charge in [-0.25, -0.2) is 9.67 Å². The number of hydrogen-bond donors (Lipinski definition) is 2. The van der Waals surface area contributed by atoms with Gasteiger partial charge in [0, 0.05) is 6.54 Å². The van der Waals surface area contributed by atoms with Crippen LogP contribution in [0.5, 0.6) is 0 Å². The molecule has 0 saturated heterocycles. The van der Waals surface area contributed by atoms with Crippen LogP contribution in [0.4, 0.5) is 0 Å². The number of amides is 1. The molecule has 6 heteroatoms. The van der Waals surface area contributed by atoms with E-state index in [-0.39, 0.29) is 19.0 Å². The number of nitrogens with one attached hydrogen (secondary N) is 1. The molecular formula is C7H12N4O2. The number of carbonyl (C=O) groups excluding carboxylic acids is 1. The van der Waals surface area contributed by atoms with Gasteiger partial charge in [-0.1, -0.05) is 0 Å². The smallest absolute Gasteiger partial charge is 0.241 e. The summed E-state index contributed by atoms with van der Waals surface area (Å²) in [4.78, 5) is 14.8. The first-order valence-electron chi connectivity index (χ1n) is 3.95. The minimum absolute atomic E-state index is 0.132. The van der Waals surface area contributed by atoms with Gasteiger partial charge >= 0.3 is 0 Å². The van der Waals surface area contributed by atoms with Crippen molar-refractivity contribution in [1.82, 2.24) is 20.1 Å². The number of nitrogens with zero attached hydrogens (tertiary/aromatic N) is 3. The van der Waals surface area contributed by atoms with Crippen LogP contribution in [0.2, 0.25) is 0 Å². The van der Waals surface area contributed by atoms with E-state index in [0.29, 0.717) is 0 Å². The van der Waals surface area contributed by atoms with E-state index in [9.17, 15) is 4.79 Å². The molecule has 0 bridgehead atoms. The molecule has 6 nitrogen and oxygen atoms in total. The fourth-order valence-corrected chi connectivity index (χ4v) is 0.779. The molecule has 1 aromatic heterocycles. The quantitative estimate of drug-likeness (QED) is 0.614. The third-order valence-corrected chi connectivity index (χ3v) is 1.37. The molecule has 1 aromatic rings. The van der Waals surface area contributed by atoms with E-state index >= 15 is 0 Å². The predicted octanol–water partition coefficient (Wildman–Crippen LogP) is -1.22. The Morgan fingerprint density at radius 2 is 2.54 bits per heavy atom. The molecule has 0 fully saturated rings. The van der Waals surface area contributed by atoms with Gasteiger partial charge in [-0.05, 0) is 6.92 Å². The highest BCUT2D eigenvalue weighted by Crippen LogP contribution is 1.81. The Morgan fingerprint density at radius 1 is 1.77 bits per heavy atom. The molecule has 0 radical (unpaired) electrons. The lowest BCUT2D eigenvalue weighted by Crippen LogP contribution is -2.33. The van der Waals surface area contributed by atoms with Crippen LogP contribution in [-0.2, 0) is 11.3 Å². The number of carbonyl (C=O) groups is 1. The number of rotatable bonds is 4. The molecule has 1 heterocycles. The molecule has 0 aliphatic heterocycles. The largest absolute Gasteiger partial charge is 0.392 e. The first-order valence-corrected chi connectivity index (χ1v) is 3.95. The lowest BCUT2D eigenvalue weighted by atomic mass is 10.4. The molecule has 72 valence electrons. The van der Waals surface area contributed by atoms with Crippen LogP contribution in [0.1, 0.15) is 6.92 Å². The molecule has 2 N–H and O–H groups in total. The zero-order chi connectivity index (χ0) is 9.68. The maximum Gasteiger partial charge on any atom is 0.241 e. The molecule has 0 spiro atoms. The van der Waals surface area contributed by atoms with Crippen LogP contribution in [0.3, 0.4) is 0 Å². The zero-order valence-corrected chi connectivity index (χ0v) is 7.34. The molecule has 13 heavy (non-hydrogen) atoms. The summed E-state index contributed by atoms with van der Waals surface area (Å²) in [6.07, 6.45) is 2.30. The summed E-state index contributed by atoms with van der Waals surface area (Å²) in [6, 6.07) is 0. The van der Waals surface area contributed by atoms with Crippen LogP contribution < -0.4 is 5.32 Å². The maximum absolute atomic E-state index is 11.1. The Hall–Kier alpha value is -1.43. The summed E-state index contributed by atoms with van der Waals surface area (Å²) in [6.45, 7) is 2.00. The van der Waals surface area contributed by atoms with Crippen molar-refractivity contribution in [3.05, 3.63) is 12.7 Å². The average molecular weight is 184 g/mol. The molecule has 0 saturated carbocycles. The van der Waals surface area contributed by atoms with Crippen LogP contribution >= 0.6 is 0 Å². The van der Waals surface area contributed by atoms with E-state index in [2.05, 4.69) is 15.4 Å². The summed E-state index contributed by atoms with van der Waals surface area (Å²) >= 11 is 0. The summed E-state index contributed by atoms with van der Waals surface area (Å²) in [5.41, 5.74) is 0. The Balaban J connectivity index is 2.26. The van der Waals surface area contributed by atoms with Gasteiger partial charge in [0.1, 0.15) is 19.2 Å². The summed E-state index contributed by atoms with van der Waals surface area (Å²) in [5.74, 6) is -0.189. The Labute approximate surface area is 75.6 Å². The van der Waals surface area contributed by atoms with Crippen molar-refractivity contribution in [2.75, 3.05) is 6.54 Å². The van der Waals surface area contributed by atoms with Crippen LogP contribution in [0.15, 0.2) is 12.7 Å². The van der Waals surface area contributed by atoms with Gasteiger partial charge in [-0.15, -0.1) is 0 Å². The summed E-state index contributed by atoms with van der Waals surface area (Å²) in [5, 5.41) is 15.2. The topological polar surface area (TPSA) is 80.0 Å². The van der Waals surface area contributed by atoms with E-state index < -0.39 is 6.10 Å². The normalized spacial score (nSPS) is 12.5. The highest BCUT2D eigenvalue weighted by molar-refractivity contribution is 5.75. The maximum atomic E-state index is 11.1. The zero-order valence-electron chi connectivity index (χ0n) is 7.34. The summed E-state index contributed by atoms with van der Waals surface area (Å²) in [7, 11) is 0. The van der Waals surface area contributed by atoms with Gasteiger partial charge in [0.05, 0.1) is 6.10 Å². The van der Waals surface area contributed by atoms with E-state index in [1.165, 1.54) is 17.3 Å². The Kier molecular flexibility index (Phi) is 3.39. The van der Waals surface area contributed by atoms with Crippen LogP contribution in [0, 0.1) is 0 Å². The molecule has 1 atom stereocenters. The van der Waals surface area contributed by atoms with E-state index in [1.54, 1.807) is 6.92 Å². The second kappa shape index (κ2) is 4.56. The number of aromatic nitrogens is 3. The SMILES string of the molecule is C[C@@H](O)CNC(=O)Cn1cncn1. The van der Waals surface area contributed by atoms with Crippen molar-refractivity contribution < 1.29 is 9.90 Å². The van der Waals surface area contributed by atoms with Crippen LogP contribution in [0.25, 0.3) is 0 Å². The van der Waals surface area contributed by atoms with Gasteiger partial charge in [0.2, 0.25) is 5.91 Å². The number of aliphatic hydroxyl groups is 1. The highest BCUT2D eigenvalue weighted by atomic mass is 16.3. The highest BCUT2D eigenvalue weighted by Gasteiger charge is 2.03. The summed E-state index contributed by atoms with van der Waals surface area (Å²) < 4.78 is 1.41. The van der Waals surface area contributed by atoms with E-state index in [4.69, 9.17) is 5.11 Å². The first-order chi connectivity index (χ1) is 6.18. The first kappa shape index (κ1) is 9.66. The lowest BCUT2D eigenvalue weighted by molar-refractivity contribution is -0.122. The average Bonchev–Trinajstić information content (AvgIpc) is 2.53. The number of hydrogen-bond acceptors (Lipinski definition) is 4. The van der Waals surface area contributed by atoms with Gasteiger partial charge in [-0.2, -0.15) is 5.10 Å². The molecule has 0 aromatic carbocycles. The minimum Gasteiger partial charge on any atom is -0.392 e.